The first-order chi connectivity index (χ1) is 8.61. The van der Waals surface area contributed by atoms with Crippen molar-refractivity contribution < 1.29 is 0 Å². The number of hydrogen-bond acceptors (Lipinski definition) is 4. The van der Waals surface area contributed by atoms with Crippen LogP contribution in [-0.4, -0.2) is 15.0 Å². The van der Waals surface area contributed by atoms with E-state index in [0.29, 0.717) is 5.56 Å². The number of aromatic amines is 1. The number of nitrogens with zero attached hydrogens (tertiary/aromatic N) is 3. The van der Waals surface area contributed by atoms with Gasteiger partial charge < -0.3 is 10.3 Å². The van der Waals surface area contributed by atoms with E-state index in [9.17, 15) is 5.26 Å². The number of H-pyrrole nitrogens is 1. The average molecular weight is 241 g/mol. The molecule has 2 aromatic heterocycles. The number of aromatic nitrogens is 3. The summed E-state index contributed by atoms with van der Waals surface area (Å²) >= 11 is 0. The number of pyridine rings is 1. The molecule has 2 N–H and O–H groups in total. The Balaban J connectivity index is 2.32. The van der Waals surface area contributed by atoms with Crippen LogP contribution in [0.25, 0.3) is 0 Å². The molecule has 0 saturated heterocycles. The quantitative estimate of drug-likeness (QED) is 0.865. The van der Waals surface area contributed by atoms with E-state index >= 15 is 0 Å². The number of imidazole rings is 1. The van der Waals surface area contributed by atoms with Gasteiger partial charge in [0.05, 0.1) is 23.0 Å². The van der Waals surface area contributed by atoms with Crippen molar-refractivity contribution in [3.05, 3.63) is 41.2 Å². The molecular weight excluding hydrogens is 226 g/mol. The Morgan fingerprint density at radius 2 is 2.22 bits per heavy atom. The predicted molar refractivity (Wildman–Crippen MR) is 69.1 cm³/mol. The summed E-state index contributed by atoms with van der Waals surface area (Å²) in [7, 11) is 0. The molecule has 2 aromatic rings. The topological polar surface area (TPSA) is 77.4 Å². The first kappa shape index (κ1) is 12.1. The van der Waals surface area contributed by atoms with Gasteiger partial charge in [-0.05, 0) is 26.8 Å². The first-order valence-corrected chi connectivity index (χ1v) is 5.76. The van der Waals surface area contributed by atoms with E-state index in [-0.39, 0.29) is 6.04 Å². The third-order valence-electron chi connectivity index (χ3n) is 2.74. The SMILES string of the molecule is Cc1cc(NC(C)c2ncc[nH]2)c(C#N)c(C)n1. The summed E-state index contributed by atoms with van der Waals surface area (Å²) in [5.74, 6) is 0.839. The molecule has 0 aliphatic carbocycles. The lowest BCUT2D eigenvalue weighted by Crippen LogP contribution is -2.10. The molecule has 0 bridgehead atoms. The Kier molecular flexibility index (Phi) is 3.28. The van der Waals surface area contributed by atoms with E-state index in [4.69, 9.17) is 0 Å². The molecule has 1 atom stereocenters. The van der Waals surface area contributed by atoms with Crippen molar-refractivity contribution in [1.29, 1.82) is 5.26 Å². The third kappa shape index (κ3) is 2.33. The highest BCUT2D eigenvalue weighted by Gasteiger charge is 2.12. The van der Waals surface area contributed by atoms with Gasteiger partial charge in [-0.15, -0.1) is 0 Å². The van der Waals surface area contributed by atoms with E-state index in [1.54, 1.807) is 12.4 Å². The van der Waals surface area contributed by atoms with Crippen LogP contribution < -0.4 is 5.32 Å². The van der Waals surface area contributed by atoms with Gasteiger partial charge in [0.1, 0.15) is 11.9 Å². The largest absolute Gasteiger partial charge is 0.374 e. The van der Waals surface area contributed by atoms with Crippen LogP contribution in [0.4, 0.5) is 5.69 Å². The minimum Gasteiger partial charge on any atom is -0.374 e. The Bertz CT molecular complexity index is 580. The summed E-state index contributed by atoms with van der Waals surface area (Å²) in [6.07, 6.45) is 3.49. The second kappa shape index (κ2) is 4.88. The van der Waals surface area contributed by atoms with Crippen LogP contribution in [0.2, 0.25) is 0 Å². The first-order valence-electron chi connectivity index (χ1n) is 5.76. The van der Waals surface area contributed by atoms with Gasteiger partial charge in [-0.3, -0.25) is 4.98 Å². The maximum absolute atomic E-state index is 9.18. The molecule has 1 unspecified atom stereocenters. The van der Waals surface area contributed by atoms with Crippen LogP contribution in [0.3, 0.4) is 0 Å². The molecule has 0 amide bonds. The minimum atomic E-state index is 0.00769. The van der Waals surface area contributed by atoms with Crippen LogP contribution in [0.5, 0.6) is 0 Å². The lowest BCUT2D eigenvalue weighted by molar-refractivity contribution is 0.808. The standard InChI is InChI=1S/C13H15N5/c1-8-6-12(11(7-14)9(2)17-8)18-10(3)13-15-4-5-16-13/h4-6,10H,1-3H3,(H,15,16)(H,17,18). The number of rotatable bonds is 3. The average Bonchev–Trinajstić information content (AvgIpc) is 2.81. The molecule has 5 nitrogen and oxygen atoms in total. The molecule has 0 saturated carbocycles. The fourth-order valence-corrected chi connectivity index (χ4v) is 1.90. The van der Waals surface area contributed by atoms with Gasteiger partial charge in [-0.1, -0.05) is 0 Å². The predicted octanol–water partition coefficient (Wildman–Crippen LogP) is 2.47. The third-order valence-corrected chi connectivity index (χ3v) is 2.74. The second-order valence-electron chi connectivity index (χ2n) is 4.22. The Morgan fingerprint density at radius 1 is 1.44 bits per heavy atom. The van der Waals surface area contributed by atoms with Gasteiger partial charge >= 0.3 is 0 Å². The van der Waals surface area contributed by atoms with E-state index in [0.717, 1.165) is 22.9 Å². The van der Waals surface area contributed by atoms with Crippen molar-refractivity contribution >= 4 is 5.69 Å². The number of aryl methyl sites for hydroxylation is 2. The smallest absolute Gasteiger partial charge is 0.128 e. The van der Waals surface area contributed by atoms with Crippen molar-refractivity contribution in [2.45, 2.75) is 26.8 Å². The Morgan fingerprint density at radius 3 is 2.83 bits per heavy atom. The van der Waals surface area contributed by atoms with Crippen molar-refractivity contribution in [3.8, 4) is 6.07 Å². The molecule has 0 aliphatic rings. The van der Waals surface area contributed by atoms with Crippen molar-refractivity contribution in [2.75, 3.05) is 5.32 Å². The number of nitrogens with one attached hydrogen (secondary N) is 2. The normalized spacial score (nSPS) is 11.9. The van der Waals surface area contributed by atoms with E-state index < -0.39 is 0 Å². The molecule has 0 fully saturated rings. The number of nitriles is 1. The summed E-state index contributed by atoms with van der Waals surface area (Å²) in [6, 6.07) is 4.07. The van der Waals surface area contributed by atoms with Crippen LogP contribution in [0.15, 0.2) is 18.5 Å². The van der Waals surface area contributed by atoms with Crippen LogP contribution in [-0.2, 0) is 0 Å². The summed E-state index contributed by atoms with van der Waals surface area (Å²) in [5.41, 5.74) is 3.01. The van der Waals surface area contributed by atoms with Crippen LogP contribution in [0, 0.1) is 25.2 Å². The Hall–Kier alpha value is -2.35. The summed E-state index contributed by atoms with van der Waals surface area (Å²) in [5, 5.41) is 12.5. The van der Waals surface area contributed by atoms with E-state index in [1.165, 1.54) is 0 Å². The fraction of sp³-hybridized carbons (Fsp3) is 0.308. The molecule has 92 valence electrons. The zero-order valence-corrected chi connectivity index (χ0v) is 10.7. The van der Waals surface area contributed by atoms with Crippen molar-refractivity contribution in [2.24, 2.45) is 0 Å². The summed E-state index contributed by atoms with van der Waals surface area (Å²) in [4.78, 5) is 11.5. The highest BCUT2D eigenvalue weighted by Crippen LogP contribution is 2.22. The molecule has 5 heteroatoms. The van der Waals surface area contributed by atoms with Gasteiger partial charge in [0.25, 0.3) is 0 Å². The van der Waals surface area contributed by atoms with Gasteiger partial charge in [0, 0.05) is 18.1 Å². The maximum Gasteiger partial charge on any atom is 0.128 e. The molecule has 2 heterocycles. The molecule has 0 aliphatic heterocycles. The van der Waals surface area contributed by atoms with Gasteiger partial charge in [0.2, 0.25) is 0 Å². The van der Waals surface area contributed by atoms with E-state index in [2.05, 4.69) is 26.3 Å². The highest BCUT2D eigenvalue weighted by atomic mass is 15.0. The molecule has 2 rings (SSSR count). The zero-order valence-electron chi connectivity index (χ0n) is 10.7. The van der Waals surface area contributed by atoms with Gasteiger partial charge in [-0.2, -0.15) is 5.26 Å². The van der Waals surface area contributed by atoms with Crippen molar-refractivity contribution in [1.82, 2.24) is 15.0 Å². The second-order valence-corrected chi connectivity index (χ2v) is 4.22. The summed E-state index contributed by atoms with van der Waals surface area (Å²) < 4.78 is 0. The number of anilines is 1. The Labute approximate surface area is 106 Å². The van der Waals surface area contributed by atoms with Gasteiger partial charge in [0.15, 0.2) is 0 Å². The molecule has 18 heavy (non-hydrogen) atoms. The van der Waals surface area contributed by atoms with Crippen LogP contribution >= 0.6 is 0 Å². The fourth-order valence-electron chi connectivity index (χ4n) is 1.90. The molecular formula is C13H15N5. The molecule has 0 radical (unpaired) electrons. The maximum atomic E-state index is 9.18. The molecule has 0 spiro atoms. The molecule has 0 aromatic carbocycles. The minimum absolute atomic E-state index is 0.00769. The summed E-state index contributed by atoms with van der Waals surface area (Å²) in [6.45, 7) is 5.75. The van der Waals surface area contributed by atoms with Crippen molar-refractivity contribution in [3.63, 3.8) is 0 Å². The number of hydrogen-bond donors (Lipinski definition) is 2. The van der Waals surface area contributed by atoms with E-state index in [1.807, 2.05) is 26.8 Å². The zero-order chi connectivity index (χ0) is 13.1. The monoisotopic (exact) mass is 241 g/mol. The van der Waals surface area contributed by atoms with Crippen LogP contribution in [0.1, 0.15) is 35.7 Å². The van der Waals surface area contributed by atoms with Gasteiger partial charge in [-0.25, -0.2) is 4.98 Å². The highest BCUT2D eigenvalue weighted by molar-refractivity contribution is 5.60. The lowest BCUT2D eigenvalue weighted by Gasteiger charge is -2.15. The lowest BCUT2D eigenvalue weighted by atomic mass is 10.1.